The maximum atomic E-state index is 11.0. The van der Waals surface area contributed by atoms with Gasteiger partial charge in [0.05, 0.1) is 13.2 Å². The Kier molecular flexibility index (Phi) is 3.90. The lowest BCUT2D eigenvalue weighted by molar-refractivity contribution is 0.132. The van der Waals surface area contributed by atoms with Gasteiger partial charge < -0.3 is 10.1 Å². The Balaban J connectivity index is 2.15. The van der Waals surface area contributed by atoms with Crippen LogP contribution >= 0.6 is 0 Å². The molecule has 0 fully saturated rings. The molecule has 0 aliphatic carbocycles. The molecular formula is C8H14N4O2. The van der Waals surface area contributed by atoms with Crippen molar-refractivity contribution >= 4 is 6.09 Å². The third-order valence-corrected chi connectivity index (χ3v) is 1.41. The second kappa shape index (κ2) is 5.21. The molecule has 1 heterocycles. The van der Waals surface area contributed by atoms with Gasteiger partial charge in [0.2, 0.25) is 0 Å². The zero-order valence-corrected chi connectivity index (χ0v) is 8.28. The van der Waals surface area contributed by atoms with Crippen molar-refractivity contribution in [2.45, 2.75) is 20.4 Å². The molecule has 0 radical (unpaired) electrons. The molecule has 0 saturated heterocycles. The van der Waals surface area contributed by atoms with Crippen LogP contribution in [-0.2, 0) is 11.3 Å². The Bertz CT molecular complexity index is 271. The van der Waals surface area contributed by atoms with Crippen LogP contribution in [0.2, 0.25) is 0 Å². The predicted molar refractivity (Wildman–Crippen MR) is 49.4 cm³/mol. The molecule has 6 nitrogen and oxygen atoms in total. The summed E-state index contributed by atoms with van der Waals surface area (Å²) in [5, 5.41) is 8.82. The first-order chi connectivity index (χ1) is 6.68. The molecule has 6 heteroatoms. The van der Waals surface area contributed by atoms with E-state index in [4.69, 9.17) is 4.74 Å². The first-order valence-electron chi connectivity index (χ1n) is 4.43. The summed E-state index contributed by atoms with van der Waals surface area (Å²) in [6, 6.07) is 0. The van der Waals surface area contributed by atoms with Crippen molar-refractivity contribution in [3.63, 3.8) is 0 Å². The van der Waals surface area contributed by atoms with E-state index in [2.05, 4.69) is 20.5 Å². The van der Waals surface area contributed by atoms with Crippen LogP contribution in [0.3, 0.4) is 0 Å². The SMILES string of the molecule is CC(C)COC(=O)NCc1ncn[nH]1. The number of carbonyl (C=O) groups is 1. The third kappa shape index (κ3) is 3.88. The fraction of sp³-hybridized carbons (Fsp3) is 0.625. The van der Waals surface area contributed by atoms with Crippen molar-refractivity contribution in [3.05, 3.63) is 12.2 Å². The van der Waals surface area contributed by atoms with Crippen LogP contribution in [0.25, 0.3) is 0 Å². The fourth-order valence-electron chi connectivity index (χ4n) is 0.765. The van der Waals surface area contributed by atoms with E-state index < -0.39 is 6.09 Å². The molecule has 0 spiro atoms. The van der Waals surface area contributed by atoms with Crippen LogP contribution < -0.4 is 5.32 Å². The topological polar surface area (TPSA) is 79.9 Å². The fourth-order valence-corrected chi connectivity index (χ4v) is 0.765. The second-order valence-corrected chi connectivity index (χ2v) is 3.28. The number of aromatic nitrogens is 3. The highest BCUT2D eigenvalue weighted by Gasteiger charge is 2.04. The molecule has 1 amide bonds. The van der Waals surface area contributed by atoms with Gasteiger partial charge in [0.15, 0.2) is 0 Å². The van der Waals surface area contributed by atoms with Crippen molar-refractivity contribution in [2.75, 3.05) is 6.61 Å². The maximum Gasteiger partial charge on any atom is 0.407 e. The lowest BCUT2D eigenvalue weighted by Crippen LogP contribution is -2.25. The summed E-state index contributed by atoms with van der Waals surface area (Å²) in [5.74, 6) is 0.942. The molecule has 2 N–H and O–H groups in total. The third-order valence-electron chi connectivity index (χ3n) is 1.41. The maximum absolute atomic E-state index is 11.0. The van der Waals surface area contributed by atoms with Crippen molar-refractivity contribution in [3.8, 4) is 0 Å². The molecule has 0 atom stereocenters. The number of H-pyrrole nitrogens is 1. The molecule has 1 aromatic rings. The molecule has 0 bridgehead atoms. The van der Waals surface area contributed by atoms with Crippen LogP contribution in [0.5, 0.6) is 0 Å². The molecule has 78 valence electrons. The minimum atomic E-state index is -0.435. The molecule has 0 unspecified atom stereocenters. The minimum Gasteiger partial charge on any atom is -0.449 e. The average molecular weight is 198 g/mol. The molecule has 0 aliphatic rings. The van der Waals surface area contributed by atoms with Gasteiger partial charge in [-0.25, -0.2) is 9.78 Å². The van der Waals surface area contributed by atoms with Gasteiger partial charge in [-0.1, -0.05) is 13.8 Å². The Labute approximate surface area is 82.1 Å². The van der Waals surface area contributed by atoms with E-state index in [1.807, 2.05) is 13.8 Å². The predicted octanol–water partition coefficient (Wildman–Crippen LogP) is 0.687. The van der Waals surface area contributed by atoms with Gasteiger partial charge in [-0.2, -0.15) is 5.10 Å². The lowest BCUT2D eigenvalue weighted by Gasteiger charge is -2.07. The van der Waals surface area contributed by atoms with Crippen molar-refractivity contribution in [1.82, 2.24) is 20.5 Å². The standard InChI is InChI=1S/C8H14N4O2/c1-6(2)4-14-8(13)9-3-7-10-5-11-12-7/h5-6H,3-4H2,1-2H3,(H,9,13)(H,10,11,12). The lowest BCUT2D eigenvalue weighted by atomic mass is 10.2. The highest BCUT2D eigenvalue weighted by Crippen LogP contribution is 1.93. The van der Waals surface area contributed by atoms with Gasteiger partial charge in [-0.15, -0.1) is 0 Å². The Morgan fingerprint density at radius 1 is 1.71 bits per heavy atom. The zero-order valence-electron chi connectivity index (χ0n) is 8.28. The van der Waals surface area contributed by atoms with Crippen LogP contribution in [0.4, 0.5) is 4.79 Å². The van der Waals surface area contributed by atoms with Gasteiger partial charge in [0, 0.05) is 0 Å². The first-order valence-corrected chi connectivity index (χ1v) is 4.43. The number of nitrogens with one attached hydrogen (secondary N) is 2. The number of ether oxygens (including phenoxy) is 1. The quantitative estimate of drug-likeness (QED) is 0.745. The monoisotopic (exact) mass is 198 g/mol. The van der Waals surface area contributed by atoms with Gasteiger partial charge in [-0.3, -0.25) is 5.10 Å². The number of nitrogens with zero attached hydrogens (tertiary/aromatic N) is 2. The van der Waals surface area contributed by atoms with Crippen molar-refractivity contribution in [1.29, 1.82) is 0 Å². The van der Waals surface area contributed by atoms with E-state index in [0.29, 0.717) is 24.9 Å². The first kappa shape index (κ1) is 10.5. The van der Waals surface area contributed by atoms with Gasteiger partial charge in [-0.05, 0) is 5.92 Å². The Morgan fingerprint density at radius 2 is 2.50 bits per heavy atom. The van der Waals surface area contributed by atoms with Crippen LogP contribution in [0, 0.1) is 5.92 Å². The number of hydrogen-bond acceptors (Lipinski definition) is 4. The van der Waals surface area contributed by atoms with E-state index >= 15 is 0 Å². The largest absolute Gasteiger partial charge is 0.449 e. The number of carbonyl (C=O) groups excluding carboxylic acids is 1. The van der Waals surface area contributed by atoms with E-state index in [1.165, 1.54) is 6.33 Å². The van der Waals surface area contributed by atoms with Crippen molar-refractivity contribution in [2.24, 2.45) is 5.92 Å². The second-order valence-electron chi connectivity index (χ2n) is 3.28. The van der Waals surface area contributed by atoms with E-state index in [0.717, 1.165) is 0 Å². The number of rotatable bonds is 4. The molecule has 1 aromatic heterocycles. The van der Waals surface area contributed by atoms with Crippen molar-refractivity contribution < 1.29 is 9.53 Å². The highest BCUT2D eigenvalue weighted by atomic mass is 16.5. The normalized spacial score (nSPS) is 10.2. The summed E-state index contributed by atoms with van der Waals surface area (Å²) in [4.78, 5) is 14.9. The Hall–Kier alpha value is -1.59. The van der Waals surface area contributed by atoms with Crippen LogP contribution in [0.1, 0.15) is 19.7 Å². The zero-order chi connectivity index (χ0) is 10.4. The minimum absolute atomic E-state index is 0.303. The van der Waals surface area contributed by atoms with E-state index in [9.17, 15) is 4.79 Å². The molecular weight excluding hydrogens is 184 g/mol. The average Bonchev–Trinajstić information content (AvgIpc) is 2.63. The summed E-state index contributed by atoms with van der Waals surface area (Å²) in [6.45, 7) is 4.67. The van der Waals surface area contributed by atoms with Gasteiger partial charge in [0.25, 0.3) is 0 Å². The van der Waals surface area contributed by atoms with Gasteiger partial charge in [0.1, 0.15) is 12.2 Å². The number of aromatic amines is 1. The summed E-state index contributed by atoms with van der Waals surface area (Å²) in [5.41, 5.74) is 0. The highest BCUT2D eigenvalue weighted by molar-refractivity contribution is 5.66. The molecule has 0 aromatic carbocycles. The summed E-state index contributed by atoms with van der Waals surface area (Å²) in [7, 11) is 0. The number of amides is 1. The van der Waals surface area contributed by atoms with E-state index in [-0.39, 0.29) is 0 Å². The number of hydrogen-bond donors (Lipinski definition) is 2. The summed E-state index contributed by atoms with van der Waals surface area (Å²) < 4.78 is 4.89. The van der Waals surface area contributed by atoms with Crippen LogP contribution in [-0.4, -0.2) is 27.9 Å². The van der Waals surface area contributed by atoms with E-state index in [1.54, 1.807) is 0 Å². The summed E-state index contributed by atoms with van der Waals surface area (Å²) >= 11 is 0. The number of alkyl carbamates (subject to hydrolysis) is 1. The summed E-state index contributed by atoms with van der Waals surface area (Å²) in [6.07, 6.45) is 0.950. The molecule has 0 saturated carbocycles. The Morgan fingerprint density at radius 3 is 3.07 bits per heavy atom. The smallest absolute Gasteiger partial charge is 0.407 e. The van der Waals surface area contributed by atoms with Crippen LogP contribution in [0.15, 0.2) is 6.33 Å². The molecule has 14 heavy (non-hydrogen) atoms. The molecule has 0 aliphatic heterocycles. The molecule has 1 rings (SSSR count). The van der Waals surface area contributed by atoms with Gasteiger partial charge >= 0.3 is 6.09 Å².